The van der Waals surface area contributed by atoms with Crippen LogP contribution in [0.25, 0.3) is 0 Å². The quantitative estimate of drug-likeness (QED) is 0.854. The van der Waals surface area contributed by atoms with Gasteiger partial charge in [-0.05, 0) is 44.0 Å². The van der Waals surface area contributed by atoms with E-state index in [-0.39, 0.29) is 30.3 Å². The number of hydrogen-bond acceptors (Lipinski definition) is 4. The van der Waals surface area contributed by atoms with E-state index in [1.165, 1.54) is 0 Å². The second-order valence-electron chi connectivity index (χ2n) is 6.18. The van der Waals surface area contributed by atoms with E-state index in [2.05, 4.69) is 11.9 Å². The first-order chi connectivity index (χ1) is 11.0. The average Bonchev–Trinajstić information content (AvgIpc) is 2.56. The van der Waals surface area contributed by atoms with Gasteiger partial charge in [0.25, 0.3) is 0 Å². The maximum atomic E-state index is 12.8. The lowest BCUT2D eigenvalue weighted by Crippen LogP contribution is -2.44. The van der Waals surface area contributed by atoms with E-state index in [0.717, 1.165) is 37.9 Å². The first-order valence-electron chi connectivity index (χ1n) is 8.20. The fourth-order valence-electron chi connectivity index (χ4n) is 3.31. The van der Waals surface area contributed by atoms with Crippen LogP contribution in [0.4, 0.5) is 0 Å². The molecule has 2 heterocycles. The highest BCUT2D eigenvalue weighted by molar-refractivity contribution is 5.79. The van der Waals surface area contributed by atoms with Crippen molar-refractivity contribution < 1.29 is 9.59 Å². The minimum atomic E-state index is -0.311. The summed E-state index contributed by atoms with van der Waals surface area (Å²) in [5.41, 5.74) is 6.29. The van der Waals surface area contributed by atoms with Gasteiger partial charge in [0.1, 0.15) is 0 Å². The highest BCUT2D eigenvalue weighted by Gasteiger charge is 2.30. The number of hydrogen-bond donors (Lipinski definition) is 1. The smallest absolute Gasteiger partial charge is 0.231 e. The van der Waals surface area contributed by atoms with E-state index in [4.69, 9.17) is 5.73 Å². The second-order valence-corrected chi connectivity index (χ2v) is 6.18. The molecule has 1 aromatic heterocycles. The standard InChI is InChI=1S/C17H26N4O2/c1-3-15(14-5-4-8-19-11-14)20(2)17(23)13-6-9-21(10-7-13)12-16(18)22/h4-5,8,11,13,15H,3,6-7,9-10,12H2,1-2H3,(H2,18,22)/t15-/m0/s1. The predicted octanol–water partition coefficient (Wildman–Crippen LogP) is 1.19. The maximum absolute atomic E-state index is 12.8. The lowest BCUT2D eigenvalue weighted by Gasteiger charge is -2.35. The number of rotatable bonds is 6. The Morgan fingerprint density at radius 2 is 2.13 bits per heavy atom. The molecule has 2 rings (SSSR count). The molecular formula is C17H26N4O2. The van der Waals surface area contributed by atoms with Crippen molar-refractivity contribution >= 4 is 11.8 Å². The summed E-state index contributed by atoms with van der Waals surface area (Å²) in [4.78, 5) is 31.8. The normalized spacial score (nSPS) is 17.7. The number of amides is 2. The van der Waals surface area contributed by atoms with Gasteiger partial charge in [-0.25, -0.2) is 0 Å². The summed E-state index contributed by atoms with van der Waals surface area (Å²) >= 11 is 0. The summed E-state index contributed by atoms with van der Waals surface area (Å²) in [6, 6.07) is 3.97. The molecule has 0 aromatic carbocycles. The van der Waals surface area contributed by atoms with Gasteiger partial charge in [0.05, 0.1) is 12.6 Å². The summed E-state index contributed by atoms with van der Waals surface area (Å²) in [5, 5.41) is 0. The first-order valence-corrected chi connectivity index (χ1v) is 8.20. The van der Waals surface area contributed by atoms with E-state index in [9.17, 15) is 9.59 Å². The van der Waals surface area contributed by atoms with Crippen molar-refractivity contribution in [2.75, 3.05) is 26.7 Å². The highest BCUT2D eigenvalue weighted by Crippen LogP contribution is 2.27. The summed E-state index contributed by atoms with van der Waals surface area (Å²) in [6.45, 7) is 3.86. The van der Waals surface area contributed by atoms with Crippen molar-refractivity contribution in [2.45, 2.75) is 32.2 Å². The van der Waals surface area contributed by atoms with Crippen molar-refractivity contribution in [2.24, 2.45) is 11.7 Å². The maximum Gasteiger partial charge on any atom is 0.231 e. The number of aromatic nitrogens is 1. The van der Waals surface area contributed by atoms with Crippen molar-refractivity contribution in [1.29, 1.82) is 0 Å². The number of primary amides is 1. The molecule has 23 heavy (non-hydrogen) atoms. The van der Waals surface area contributed by atoms with Gasteiger partial charge in [-0.3, -0.25) is 19.5 Å². The minimum absolute atomic E-state index is 0.0230. The molecule has 1 fully saturated rings. The van der Waals surface area contributed by atoms with Crippen LogP contribution in [0.2, 0.25) is 0 Å². The fourth-order valence-corrected chi connectivity index (χ4v) is 3.31. The third kappa shape index (κ3) is 4.51. The fraction of sp³-hybridized carbons (Fsp3) is 0.588. The van der Waals surface area contributed by atoms with E-state index in [1.807, 2.05) is 35.2 Å². The number of carbonyl (C=O) groups excluding carboxylic acids is 2. The van der Waals surface area contributed by atoms with Crippen molar-refractivity contribution in [3.05, 3.63) is 30.1 Å². The van der Waals surface area contributed by atoms with E-state index < -0.39 is 0 Å². The minimum Gasteiger partial charge on any atom is -0.369 e. The molecular weight excluding hydrogens is 292 g/mol. The zero-order valence-electron chi connectivity index (χ0n) is 13.9. The van der Waals surface area contributed by atoms with Crippen LogP contribution < -0.4 is 5.73 Å². The van der Waals surface area contributed by atoms with Gasteiger partial charge in [0.2, 0.25) is 11.8 Å². The highest BCUT2D eigenvalue weighted by atomic mass is 16.2. The molecule has 1 aliphatic rings. The largest absolute Gasteiger partial charge is 0.369 e. The van der Waals surface area contributed by atoms with Crippen LogP contribution in [0.1, 0.15) is 37.8 Å². The van der Waals surface area contributed by atoms with Gasteiger partial charge in [-0.15, -0.1) is 0 Å². The number of likely N-dealkylation sites (tertiary alicyclic amines) is 1. The van der Waals surface area contributed by atoms with E-state index in [1.54, 1.807) is 6.20 Å². The molecule has 1 aliphatic heterocycles. The van der Waals surface area contributed by atoms with Crippen LogP contribution in [0, 0.1) is 5.92 Å². The van der Waals surface area contributed by atoms with Gasteiger partial charge in [-0.2, -0.15) is 0 Å². The molecule has 1 saturated heterocycles. The van der Waals surface area contributed by atoms with E-state index in [0.29, 0.717) is 0 Å². The molecule has 1 atom stereocenters. The Bertz CT molecular complexity index is 527. The van der Waals surface area contributed by atoms with Crippen molar-refractivity contribution in [3.8, 4) is 0 Å². The molecule has 0 saturated carbocycles. The molecule has 0 unspecified atom stereocenters. The van der Waals surface area contributed by atoms with Crippen LogP contribution in [0.15, 0.2) is 24.5 Å². The Kier molecular flexibility index (Phi) is 6.10. The number of piperidine rings is 1. The molecule has 0 radical (unpaired) electrons. The van der Waals surface area contributed by atoms with Gasteiger partial charge in [-0.1, -0.05) is 13.0 Å². The van der Waals surface area contributed by atoms with Crippen LogP contribution in [0.3, 0.4) is 0 Å². The monoisotopic (exact) mass is 318 g/mol. The van der Waals surface area contributed by atoms with Gasteiger partial charge >= 0.3 is 0 Å². The Labute approximate surface area is 137 Å². The summed E-state index contributed by atoms with van der Waals surface area (Å²) < 4.78 is 0. The number of nitrogens with two attached hydrogens (primary N) is 1. The third-order valence-corrected chi connectivity index (χ3v) is 4.59. The Morgan fingerprint density at radius 3 is 2.65 bits per heavy atom. The number of nitrogens with zero attached hydrogens (tertiary/aromatic N) is 3. The predicted molar refractivity (Wildman–Crippen MR) is 88.4 cm³/mol. The topological polar surface area (TPSA) is 79.5 Å². The molecule has 0 aliphatic carbocycles. The van der Waals surface area contributed by atoms with Crippen molar-refractivity contribution in [3.63, 3.8) is 0 Å². The molecule has 6 heteroatoms. The lowest BCUT2D eigenvalue weighted by molar-refractivity contribution is -0.138. The van der Waals surface area contributed by atoms with Gasteiger partial charge in [0, 0.05) is 25.4 Å². The molecule has 126 valence electrons. The third-order valence-electron chi connectivity index (χ3n) is 4.59. The Morgan fingerprint density at radius 1 is 1.43 bits per heavy atom. The average molecular weight is 318 g/mol. The molecule has 6 nitrogen and oxygen atoms in total. The summed E-state index contributed by atoms with van der Waals surface area (Å²) in [7, 11) is 1.87. The zero-order chi connectivity index (χ0) is 16.8. The van der Waals surface area contributed by atoms with E-state index >= 15 is 0 Å². The SMILES string of the molecule is CC[C@@H](c1cccnc1)N(C)C(=O)C1CCN(CC(N)=O)CC1. The Balaban J connectivity index is 1.96. The van der Waals surface area contributed by atoms with Crippen LogP contribution in [-0.4, -0.2) is 53.3 Å². The molecule has 0 bridgehead atoms. The lowest BCUT2D eigenvalue weighted by atomic mass is 9.94. The number of pyridine rings is 1. The first kappa shape index (κ1) is 17.4. The van der Waals surface area contributed by atoms with Gasteiger partial charge < -0.3 is 10.6 Å². The van der Waals surface area contributed by atoms with Crippen molar-refractivity contribution in [1.82, 2.24) is 14.8 Å². The summed E-state index contributed by atoms with van der Waals surface area (Å²) in [6.07, 6.45) is 5.98. The summed E-state index contributed by atoms with van der Waals surface area (Å²) in [5.74, 6) is -0.108. The number of carbonyl (C=O) groups is 2. The van der Waals surface area contributed by atoms with Crippen LogP contribution in [0.5, 0.6) is 0 Å². The second kappa shape index (κ2) is 8.06. The molecule has 1 aromatic rings. The molecule has 0 spiro atoms. The molecule has 2 amide bonds. The van der Waals surface area contributed by atoms with Crippen LogP contribution >= 0.6 is 0 Å². The molecule has 2 N–H and O–H groups in total. The zero-order valence-corrected chi connectivity index (χ0v) is 13.9. The Hall–Kier alpha value is -1.95. The van der Waals surface area contributed by atoms with Gasteiger partial charge in [0.15, 0.2) is 0 Å². The van der Waals surface area contributed by atoms with Crippen LogP contribution in [-0.2, 0) is 9.59 Å².